The van der Waals surface area contributed by atoms with Crippen molar-refractivity contribution >= 4 is 35.1 Å². The van der Waals surface area contributed by atoms with Gasteiger partial charge in [0.2, 0.25) is 5.91 Å². The molecule has 4 amide bonds. The number of nitrogens with zero attached hydrogens (tertiary/aromatic N) is 1. The van der Waals surface area contributed by atoms with E-state index < -0.39 is 35.7 Å². The number of urea groups is 1. The van der Waals surface area contributed by atoms with Crippen molar-refractivity contribution in [1.82, 2.24) is 10.2 Å². The van der Waals surface area contributed by atoms with E-state index in [0.29, 0.717) is 6.42 Å². The Morgan fingerprint density at radius 2 is 1.96 bits per heavy atom. The van der Waals surface area contributed by atoms with Gasteiger partial charge in [-0.3, -0.25) is 14.5 Å². The molecule has 0 aliphatic carbocycles. The van der Waals surface area contributed by atoms with Gasteiger partial charge in [0.1, 0.15) is 17.9 Å². The SMILES string of the molecule is CCCCCCC[C@]1(C)NC(=O)N(CC(=O)Nc2ccc(F)cc2Cl)C1=O. The van der Waals surface area contributed by atoms with Gasteiger partial charge < -0.3 is 10.6 Å². The molecule has 1 aliphatic rings. The number of hydrogen-bond acceptors (Lipinski definition) is 3. The Labute approximate surface area is 163 Å². The second-order valence-corrected chi connectivity index (χ2v) is 7.40. The average molecular weight is 398 g/mol. The maximum atomic E-state index is 13.1. The molecule has 0 spiro atoms. The normalized spacial score (nSPS) is 19.3. The number of halogens is 2. The second kappa shape index (κ2) is 9.17. The van der Waals surface area contributed by atoms with E-state index in [1.807, 2.05) is 0 Å². The van der Waals surface area contributed by atoms with Crippen LogP contribution in [0.25, 0.3) is 0 Å². The fraction of sp³-hybridized carbons (Fsp3) is 0.526. The van der Waals surface area contributed by atoms with Crippen LogP contribution in [0.3, 0.4) is 0 Å². The first kappa shape index (κ1) is 21.2. The first-order valence-corrected chi connectivity index (χ1v) is 9.53. The fourth-order valence-electron chi connectivity index (χ4n) is 3.07. The number of anilines is 1. The lowest BCUT2D eigenvalue weighted by Crippen LogP contribution is -2.44. The van der Waals surface area contributed by atoms with Gasteiger partial charge in [0, 0.05) is 0 Å². The van der Waals surface area contributed by atoms with Gasteiger partial charge in [0.15, 0.2) is 0 Å². The fourth-order valence-corrected chi connectivity index (χ4v) is 3.28. The highest BCUT2D eigenvalue weighted by molar-refractivity contribution is 6.33. The van der Waals surface area contributed by atoms with Crippen molar-refractivity contribution in [3.63, 3.8) is 0 Å². The zero-order chi connectivity index (χ0) is 20.0. The number of nitrogens with one attached hydrogen (secondary N) is 2. The number of imide groups is 1. The molecule has 2 N–H and O–H groups in total. The largest absolute Gasteiger partial charge is 0.325 e. The summed E-state index contributed by atoms with van der Waals surface area (Å²) in [6, 6.07) is 2.96. The molecule has 1 saturated heterocycles. The summed E-state index contributed by atoms with van der Waals surface area (Å²) in [4.78, 5) is 37.9. The summed E-state index contributed by atoms with van der Waals surface area (Å²) in [5.74, 6) is -1.52. The number of benzene rings is 1. The molecular weight excluding hydrogens is 373 g/mol. The molecule has 0 unspecified atom stereocenters. The van der Waals surface area contributed by atoms with Crippen LogP contribution in [-0.4, -0.2) is 34.8 Å². The lowest BCUT2D eigenvalue weighted by molar-refractivity contribution is -0.133. The Morgan fingerprint density at radius 3 is 2.63 bits per heavy atom. The van der Waals surface area contributed by atoms with Crippen LogP contribution in [-0.2, 0) is 9.59 Å². The van der Waals surface area contributed by atoms with Crippen LogP contribution in [0.2, 0.25) is 5.02 Å². The minimum Gasteiger partial charge on any atom is -0.323 e. The molecule has 6 nitrogen and oxygen atoms in total. The molecule has 0 aromatic heterocycles. The van der Waals surface area contributed by atoms with Crippen molar-refractivity contribution < 1.29 is 18.8 Å². The number of rotatable bonds is 9. The molecule has 1 aliphatic heterocycles. The Morgan fingerprint density at radius 1 is 1.26 bits per heavy atom. The number of carbonyl (C=O) groups excluding carboxylic acids is 3. The van der Waals surface area contributed by atoms with Gasteiger partial charge in [0.25, 0.3) is 5.91 Å². The molecule has 1 atom stereocenters. The van der Waals surface area contributed by atoms with E-state index in [0.717, 1.165) is 49.1 Å². The Kier molecular flexibility index (Phi) is 7.18. The zero-order valence-electron chi connectivity index (χ0n) is 15.6. The zero-order valence-corrected chi connectivity index (χ0v) is 16.4. The summed E-state index contributed by atoms with van der Waals surface area (Å²) >= 11 is 5.87. The van der Waals surface area contributed by atoms with Crippen molar-refractivity contribution in [3.8, 4) is 0 Å². The molecule has 148 valence electrons. The third kappa shape index (κ3) is 5.42. The number of carbonyl (C=O) groups is 3. The highest BCUT2D eigenvalue weighted by Gasteiger charge is 2.47. The standard InChI is InChI=1S/C19H25ClFN3O3/c1-3-4-5-6-7-10-19(2)17(26)24(18(27)23-19)12-16(25)22-15-9-8-13(21)11-14(15)20/h8-9,11H,3-7,10,12H2,1-2H3,(H,22,25)(H,23,27)/t19-/m0/s1. The van der Waals surface area contributed by atoms with Crippen molar-refractivity contribution in [1.29, 1.82) is 0 Å². The van der Waals surface area contributed by atoms with Crippen molar-refractivity contribution in [3.05, 3.63) is 29.0 Å². The van der Waals surface area contributed by atoms with Gasteiger partial charge in [-0.2, -0.15) is 0 Å². The van der Waals surface area contributed by atoms with E-state index in [9.17, 15) is 18.8 Å². The molecular formula is C19H25ClFN3O3. The minimum absolute atomic E-state index is 0.0393. The van der Waals surface area contributed by atoms with E-state index in [2.05, 4.69) is 17.6 Å². The predicted octanol–water partition coefficient (Wildman–Crippen LogP) is 4.09. The van der Waals surface area contributed by atoms with Crippen LogP contribution in [0.4, 0.5) is 14.9 Å². The van der Waals surface area contributed by atoms with E-state index in [1.54, 1.807) is 6.92 Å². The van der Waals surface area contributed by atoms with Crippen LogP contribution < -0.4 is 10.6 Å². The third-order valence-corrected chi connectivity index (χ3v) is 4.95. The lowest BCUT2D eigenvalue weighted by atomic mass is 9.94. The first-order chi connectivity index (χ1) is 12.8. The summed E-state index contributed by atoms with van der Waals surface area (Å²) in [5, 5.41) is 5.22. The quantitative estimate of drug-likeness (QED) is 0.486. The Bertz CT molecular complexity index is 728. The molecule has 1 aromatic carbocycles. The molecule has 0 radical (unpaired) electrons. The molecule has 2 rings (SSSR count). The van der Waals surface area contributed by atoms with Crippen LogP contribution >= 0.6 is 11.6 Å². The molecule has 8 heteroatoms. The monoisotopic (exact) mass is 397 g/mol. The van der Waals surface area contributed by atoms with Gasteiger partial charge in [0.05, 0.1) is 10.7 Å². The molecule has 1 aromatic rings. The smallest absolute Gasteiger partial charge is 0.323 e. The second-order valence-electron chi connectivity index (χ2n) is 6.99. The van der Waals surface area contributed by atoms with Gasteiger partial charge in [-0.1, -0.05) is 50.6 Å². The predicted molar refractivity (Wildman–Crippen MR) is 102 cm³/mol. The average Bonchev–Trinajstić information content (AvgIpc) is 2.81. The molecule has 0 bridgehead atoms. The Balaban J connectivity index is 1.93. The number of amides is 4. The maximum Gasteiger partial charge on any atom is 0.325 e. The lowest BCUT2D eigenvalue weighted by Gasteiger charge is -2.21. The first-order valence-electron chi connectivity index (χ1n) is 9.16. The summed E-state index contributed by atoms with van der Waals surface area (Å²) in [6.45, 7) is 3.38. The van der Waals surface area contributed by atoms with Crippen LogP contribution in [0, 0.1) is 5.82 Å². The van der Waals surface area contributed by atoms with Gasteiger partial charge in [-0.05, 0) is 31.5 Å². The summed E-state index contributed by atoms with van der Waals surface area (Å²) in [7, 11) is 0. The van der Waals surface area contributed by atoms with Crippen molar-refractivity contribution in [2.45, 2.75) is 57.9 Å². The molecule has 0 saturated carbocycles. The molecule has 27 heavy (non-hydrogen) atoms. The number of hydrogen-bond donors (Lipinski definition) is 2. The van der Waals surface area contributed by atoms with Gasteiger partial charge in [-0.25, -0.2) is 9.18 Å². The van der Waals surface area contributed by atoms with E-state index in [1.165, 1.54) is 6.07 Å². The molecule has 1 heterocycles. The number of unbranched alkanes of at least 4 members (excludes halogenated alkanes) is 4. The van der Waals surface area contributed by atoms with Gasteiger partial charge in [-0.15, -0.1) is 0 Å². The summed E-state index contributed by atoms with van der Waals surface area (Å²) in [6.07, 6.45) is 5.73. The maximum absolute atomic E-state index is 13.1. The summed E-state index contributed by atoms with van der Waals surface area (Å²) < 4.78 is 13.1. The van der Waals surface area contributed by atoms with Gasteiger partial charge >= 0.3 is 6.03 Å². The topological polar surface area (TPSA) is 78.5 Å². The van der Waals surface area contributed by atoms with Crippen molar-refractivity contribution in [2.24, 2.45) is 0 Å². The van der Waals surface area contributed by atoms with E-state index in [-0.39, 0.29) is 10.7 Å². The van der Waals surface area contributed by atoms with E-state index in [4.69, 9.17) is 11.6 Å². The summed E-state index contributed by atoms with van der Waals surface area (Å²) in [5.41, 5.74) is -0.773. The molecule has 1 fully saturated rings. The Hall–Kier alpha value is -2.15. The highest BCUT2D eigenvalue weighted by atomic mass is 35.5. The van der Waals surface area contributed by atoms with Crippen molar-refractivity contribution in [2.75, 3.05) is 11.9 Å². The van der Waals surface area contributed by atoms with Crippen LogP contribution in [0.15, 0.2) is 18.2 Å². The van der Waals surface area contributed by atoms with Crippen LogP contribution in [0.5, 0.6) is 0 Å². The van der Waals surface area contributed by atoms with Crippen LogP contribution in [0.1, 0.15) is 52.4 Å². The highest BCUT2D eigenvalue weighted by Crippen LogP contribution is 2.25. The minimum atomic E-state index is -0.989. The third-order valence-electron chi connectivity index (χ3n) is 4.63. The van der Waals surface area contributed by atoms with E-state index >= 15 is 0 Å².